The second-order valence-corrected chi connectivity index (χ2v) is 12.2. The first-order valence-corrected chi connectivity index (χ1v) is 15.3. The lowest BCUT2D eigenvalue weighted by Crippen LogP contribution is -2.53. The molecule has 0 radical (unpaired) electrons. The van der Waals surface area contributed by atoms with Gasteiger partial charge in [0, 0.05) is 19.6 Å². The number of ether oxygens (including phenoxy) is 2. The van der Waals surface area contributed by atoms with E-state index in [4.69, 9.17) is 9.47 Å². The molecule has 5 rings (SSSR count). The quantitative estimate of drug-likeness (QED) is 0.436. The summed E-state index contributed by atoms with van der Waals surface area (Å²) in [6.45, 7) is 4.97. The van der Waals surface area contributed by atoms with Gasteiger partial charge in [0.25, 0.3) is 5.91 Å². The number of nitrogens with one attached hydrogen (secondary N) is 1. The highest BCUT2D eigenvalue weighted by Crippen LogP contribution is 2.36. The van der Waals surface area contributed by atoms with Gasteiger partial charge in [-0.3, -0.25) is 9.59 Å². The molecule has 3 aromatic rings. The molecule has 9 nitrogen and oxygen atoms in total. The van der Waals surface area contributed by atoms with E-state index in [0.29, 0.717) is 49.7 Å². The normalized spacial score (nSPS) is 19.1. The van der Waals surface area contributed by atoms with Crippen molar-refractivity contribution in [3.05, 3.63) is 83.9 Å². The number of amides is 2. The fourth-order valence-electron chi connectivity index (χ4n) is 5.31. The number of aryl methyl sites for hydroxylation is 1. The summed E-state index contributed by atoms with van der Waals surface area (Å²) in [5.74, 6) is -0.00522. The molecule has 3 aromatic carbocycles. The summed E-state index contributed by atoms with van der Waals surface area (Å²) in [6, 6.07) is 21.5. The number of hydrogen-bond donors (Lipinski definition) is 1. The molecule has 2 amide bonds. The number of hydrogen-bond acceptors (Lipinski definition) is 6. The lowest BCUT2D eigenvalue weighted by Gasteiger charge is -2.38. The summed E-state index contributed by atoms with van der Waals surface area (Å²) in [6.07, 6.45) is 0.212. The van der Waals surface area contributed by atoms with Crippen LogP contribution < -0.4 is 19.7 Å². The van der Waals surface area contributed by atoms with Crippen LogP contribution in [-0.4, -0.2) is 56.9 Å². The first-order chi connectivity index (χ1) is 19.8. The second-order valence-electron chi connectivity index (χ2n) is 10.3. The van der Waals surface area contributed by atoms with Gasteiger partial charge in [-0.25, -0.2) is 8.42 Å². The minimum absolute atomic E-state index is 0.0395. The van der Waals surface area contributed by atoms with Crippen molar-refractivity contribution in [2.24, 2.45) is 5.92 Å². The van der Waals surface area contributed by atoms with E-state index in [9.17, 15) is 18.0 Å². The molecular formula is C31H35N3O6S. The summed E-state index contributed by atoms with van der Waals surface area (Å²) >= 11 is 0. The summed E-state index contributed by atoms with van der Waals surface area (Å²) < 4.78 is 40.1. The third-order valence-corrected chi connectivity index (χ3v) is 9.32. The summed E-state index contributed by atoms with van der Waals surface area (Å²) in [4.78, 5) is 28.8. The number of carbonyl (C=O) groups excluding carboxylic acids is 2. The number of benzene rings is 3. The van der Waals surface area contributed by atoms with Crippen LogP contribution in [-0.2, 0) is 26.2 Å². The topological polar surface area (TPSA) is 105 Å². The molecule has 0 saturated carbocycles. The Morgan fingerprint density at radius 2 is 1.78 bits per heavy atom. The molecule has 2 atom stereocenters. The molecule has 1 N–H and O–H groups in total. The molecule has 0 unspecified atom stereocenters. The van der Waals surface area contributed by atoms with E-state index < -0.39 is 22.0 Å². The van der Waals surface area contributed by atoms with E-state index in [2.05, 4.69) is 5.32 Å². The van der Waals surface area contributed by atoms with Crippen molar-refractivity contribution in [2.45, 2.75) is 44.2 Å². The molecule has 1 fully saturated rings. The molecule has 2 aliphatic rings. The fraction of sp³-hybridized carbons (Fsp3) is 0.355. The maximum Gasteiger partial charge on any atom is 0.263 e. The monoisotopic (exact) mass is 577 g/mol. The van der Waals surface area contributed by atoms with E-state index in [-0.39, 0.29) is 29.8 Å². The number of para-hydroxylation sites is 2. The van der Waals surface area contributed by atoms with Crippen LogP contribution in [0.4, 0.5) is 5.69 Å². The minimum atomic E-state index is -3.81. The smallest absolute Gasteiger partial charge is 0.263 e. The van der Waals surface area contributed by atoms with Gasteiger partial charge in [0.05, 0.1) is 29.7 Å². The molecule has 1 saturated heterocycles. The average molecular weight is 578 g/mol. The maximum absolute atomic E-state index is 13.9. The van der Waals surface area contributed by atoms with Gasteiger partial charge in [0.2, 0.25) is 15.9 Å². The van der Waals surface area contributed by atoms with Crippen molar-refractivity contribution >= 4 is 27.5 Å². The molecule has 0 aromatic heterocycles. The molecule has 10 heteroatoms. The van der Waals surface area contributed by atoms with Crippen LogP contribution in [0.25, 0.3) is 0 Å². The van der Waals surface area contributed by atoms with Crippen LogP contribution in [0, 0.1) is 12.8 Å². The van der Waals surface area contributed by atoms with Gasteiger partial charge in [-0.15, -0.1) is 0 Å². The standard InChI is InChI=1S/C31H35N3O6S/c1-3-39-27-16-15-25(18-22(27)2)41(37,38)33-17-9-12-24(20-33)31(36)34-21-29(40-28-14-8-7-13-26(28)34)30(35)32-19-23-10-5-4-6-11-23/h4-8,10-11,13-16,18,24,29H,3,9,12,17,19-21H2,1-2H3,(H,32,35)/t24-,29-/m0/s1. The van der Waals surface area contributed by atoms with Gasteiger partial charge >= 0.3 is 0 Å². The summed E-state index contributed by atoms with van der Waals surface area (Å²) in [5.41, 5.74) is 2.27. The van der Waals surface area contributed by atoms with Crippen LogP contribution in [0.1, 0.15) is 30.9 Å². The Kier molecular flexibility index (Phi) is 8.60. The zero-order valence-electron chi connectivity index (χ0n) is 23.3. The highest BCUT2D eigenvalue weighted by Gasteiger charge is 2.39. The predicted molar refractivity (Wildman–Crippen MR) is 155 cm³/mol. The van der Waals surface area contributed by atoms with Crippen molar-refractivity contribution in [2.75, 3.05) is 31.1 Å². The average Bonchev–Trinajstić information content (AvgIpc) is 3.00. The number of rotatable bonds is 8. The Balaban J connectivity index is 1.32. The van der Waals surface area contributed by atoms with Gasteiger partial charge in [0.15, 0.2) is 6.10 Å². The third-order valence-electron chi connectivity index (χ3n) is 7.46. The van der Waals surface area contributed by atoms with Crippen LogP contribution in [0.15, 0.2) is 77.7 Å². The number of sulfonamides is 1. The van der Waals surface area contributed by atoms with Crippen LogP contribution >= 0.6 is 0 Å². The molecule has 2 aliphatic heterocycles. The molecule has 0 spiro atoms. The first kappa shape index (κ1) is 28.6. The lowest BCUT2D eigenvalue weighted by atomic mass is 9.97. The van der Waals surface area contributed by atoms with Crippen molar-refractivity contribution in [1.82, 2.24) is 9.62 Å². The van der Waals surface area contributed by atoms with Gasteiger partial charge < -0.3 is 19.7 Å². The van der Waals surface area contributed by atoms with Gasteiger partial charge in [-0.2, -0.15) is 4.31 Å². The maximum atomic E-state index is 13.9. The zero-order chi connectivity index (χ0) is 29.0. The molecular weight excluding hydrogens is 542 g/mol. The van der Waals surface area contributed by atoms with Crippen LogP contribution in [0.3, 0.4) is 0 Å². The van der Waals surface area contributed by atoms with E-state index in [0.717, 1.165) is 11.1 Å². The zero-order valence-corrected chi connectivity index (χ0v) is 24.1. The third kappa shape index (κ3) is 6.23. The lowest BCUT2D eigenvalue weighted by molar-refractivity contribution is -0.129. The molecule has 41 heavy (non-hydrogen) atoms. The summed E-state index contributed by atoms with van der Waals surface area (Å²) in [7, 11) is -3.81. The van der Waals surface area contributed by atoms with Crippen molar-refractivity contribution < 1.29 is 27.5 Å². The number of nitrogens with zero attached hydrogens (tertiary/aromatic N) is 2. The first-order valence-electron chi connectivity index (χ1n) is 13.9. The van der Waals surface area contributed by atoms with Crippen LogP contribution in [0.5, 0.6) is 11.5 Å². The van der Waals surface area contributed by atoms with Crippen molar-refractivity contribution in [3.63, 3.8) is 0 Å². The second kappa shape index (κ2) is 12.3. The van der Waals surface area contributed by atoms with E-state index >= 15 is 0 Å². The van der Waals surface area contributed by atoms with Gasteiger partial charge in [-0.1, -0.05) is 42.5 Å². The molecule has 0 bridgehead atoms. The Morgan fingerprint density at radius 3 is 2.54 bits per heavy atom. The number of carbonyl (C=O) groups is 2. The Hall–Kier alpha value is -3.89. The van der Waals surface area contributed by atoms with E-state index in [1.54, 1.807) is 41.3 Å². The Labute approximate surface area is 241 Å². The molecule has 0 aliphatic carbocycles. The van der Waals surface area contributed by atoms with Crippen molar-refractivity contribution in [3.8, 4) is 11.5 Å². The van der Waals surface area contributed by atoms with Crippen LogP contribution in [0.2, 0.25) is 0 Å². The van der Waals surface area contributed by atoms with E-state index in [1.165, 1.54) is 4.31 Å². The minimum Gasteiger partial charge on any atom is -0.494 e. The SMILES string of the molecule is CCOc1ccc(S(=O)(=O)N2CCC[C@H](C(=O)N3C[C@@H](C(=O)NCc4ccccc4)Oc4ccccc43)C2)cc1C. The number of fused-ring (bicyclic) bond motifs is 1. The fourth-order valence-corrected chi connectivity index (χ4v) is 6.92. The van der Waals surface area contributed by atoms with Gasteiger partial charge in [-0.05, 0) is 68.1 Å². The molecule has 2 heterocycles. The number of anilines is 1. The molecule has 216 valence electrons. The van der Waals surface area contributed by atoms with Crippen molar-refractivity contribution in [1.29, 1.82) is 0 Å². The number of piperidine rings is 1. The largest absolute Gasteiger partial charge is 0.494 e. The predicted octanol–water partition coefficient (Wildman–Crippen LogP) is 3.91. The highest BCUT2D eigenvalue weighted by atomic mass is 32.2. The Bertz CT molecular complexity index is 1510. The summed E-state index contributed by atoms with van der Waals surface area (Å²) in [5, 5.41) is 2.90. The van der Waals surface area contributed by atoms with Gasteiger partial charge in [0.1, 0.15) is 11.5 Å². The Morgan fingerprint density at radius 1 is 1.02 bits per heavy atom. The van der Waals surface area contributed by atoms with E-state index in [1.807, 2.05) is 50.2 Å². The highest BCUT2D eigenvalue weighted by molar-refractivity contribution is 7.89.